The van der Waals surface area contributed by atoms with E-state index in [1.165, 1.54) is 0 Å². The Labute approximate surface area is 162 Å². The lowest BCUT2D eigenvalue weighted by Crippen LogP contribution is -2.36. The molecule has 0 unspecified atom stereocenters. The molecule has 2 rings (SSSR count). The van der Waals surface area contributed by atoms with Crippen LogP contribution in [0.4, 0.5) is 13.2 Å². The Morgan fingerprint density at radius 1 is 1.14 bits per heavy atom. The summed E-state index contributed by atoms with van der Waals surface area (Å²) in [6.07, 6.45) is -2.14. The second kappa shape index (κ2) is 9.30. The van der Waals surface area contributed by atoms with E-state index < -0.39 is 30.7 Å². The van der Waals surface area contributed by atoms with Crippen molar-refractivity contribution in [2.75, 3.05) is 6.61 Å². The second-order valence-electron chi connectivity index (χ2n) is 7.50. The highest BCUT2D eigenvalue weighted by atomic mass is 19.4. The molecule has 3 atom stereocenters. The Morgan fingerprint density at radius 3 is 2.36 bits per heavy atom. The van der Waals surface area contributed by atoms with Crippen molar-refractivity contribution in [2.24, 2.45) is 17.8 Å². The van der Waals surface area contributed by atoms with Crippen molar-refractivity contribution in [3.8, 4) is 5.75 Å². The van der Waals surface area contributed by atoms with Crippen LogP contribution in [-0.2, 0) is 14.3 Å². The molecule has 1 aliphatic rings. The van der Waals surface area contributed by atoms with Crippen LogP contribution in [0.15, 0.2) is 24.3 Å². The average molecular weight is 402 g/mol. The van der Waals surface area contributed by atoms with Gasteiger partial charge in [0.15, 0.2) is 6.61 Å². The lowest BCUT2D eigenvalue weighted by molar-refractivity contribution is -0.274. The normalized spacial score (nSPS) is 22.6. The third-order valence-electron chi connectivity index (χ3n) is 4.89. The summed E-state index contributed by atoms with van der Waals surface area (Å²) >= 11 is 0. The first-order valence-corrected chi connectivity index (χ1v) is 9.27. The fourth-order valence-electron chi connectivity index (χ4n) is 3.45. The molecule has 0 bridgehead atoms. The van der Waals surface area contributed by atoms with Crippen LogP contribution >= 0.6 is 0 Å². The maximum Gasteiger partial charge on any atom is 0.573 e. The predicted molar refractivity (Wildman–Crippen MR) is 94.6 cm³/mol. The molecule has 156 valence electrons. The zero-order chi connectivity index (χ0) is 20.9. The summed E-state index contributed by atoms with van der Waals surface area (Å²) in [7, 11) is 0. The van der Waals surface area contributed by atoms with E-state index in [0.717, 1.165) is 43.5 Å². The van der Waals surface area contributed by atoms with Gasteiger partial charge in [0.2, 0.25) is 0 Å². The summed E-state index contributed by atoms with van der Waals surface area (Å²) in [6.45, 7) is 5.75. The van der Waals surface area contributed by atoms with Gasteiger partial charge in [-0.15, -0.1) is 13.2 Å². The van der Waals surface area contributed by atoms with Crippen LogP contribution in [0.3, 0.4) is 0 Å². The summed E-state index contributed by atoms with van der Waals surface area (Å²) in [6, 6.07) is 4.26. The minimum Gasteiger partial charge on any atom is -0.460 e. The number of rotatable bonds is 6. The maximum absolute atomic E-state index is 12.1. The van der Waals surface area contributed by atoms with E-state index >= 15 is 0 Å². The Bertz CT molecular complexity index is 669. The maximum atomic E-state index is 12.1. The van der Waals surface area contributed by atoms with E-state index in [9.17, 15) is 22.8 Å². The molecule has 0 aromatic heterocycles. The fraction of sp³-hybridized carbons (Fsp3) is 0.600. The van der Waals surface area contributed by atoms with Crippen LogP contribution in [0.25, 0.3) is 0 Å². The van der Waals surface area contributed by atoms with Crippen LogP contribution in [-0.4, -0.2) is 31.0 Å². The molecule has 0 N–H and O–H groups in total. The Morgan fingerprint density at radius 2 is 1.79 bits per heavy atom. The van der Waals surface area contributed by atoms with Gasteiger partial charge in [0.05, 0.1) is 5.56 Å². The molecule has 0 spiro atoms. The molecule has 0 heterocycles. The molecule has 1 aromatic rings. The van der Waals surface area contributed by atoms with Crippen molar-refractivity contribution in [3.63, 3.8) is 0 Å². The topological polar surface area (TPSA) is 61.8 Å². The molecule has 1 saturated carbocycles. The molecule has 28 heavy (non-hydrogen) atoms. The van der Waals surface area contributed by atoms with Gasteiger partial charge < -0.3 is 14.2 Å². The quantitative estimate of drug-likeness (QED) is 0.643. The number of carbonyl (C=O) groups is 2. The molecule has 5 nitrogen and oxygen atoms in total. The summed E-state index contributed by atoms with van der Waals surface area (Å²) in [5.74, 6) is -0.784. The zero-order valence-electron chi connectivity index (χ0n) is 16.1. The summed E-state index contributed by atoms with van der Waals surface area (Å²) in [5.41, 5.74) is 0.00803. The largest absolute Gasteiger partial charge is 0.573 e. The van der Waals surface area contributed by atoms with Crippen molar-refractivity contribution in [3.05, 3.63) is 29.8 Å². The van der Waals surface area contributed by atoms with Crippen LogP contribution in [0.5, 0.6) is 5.75 Å². The predicted octanol–water partition coefficient (Wildman–Crippen LogP) is 4.75. The molecule has 0 amide bonds. The van der Waals surface area contributed by atoms with Gasteiger partial charge in [0, 0.05) is 0 Å². The van der Waals surface area contributed by atoms with E-state index in [1.54, 1.807) is 0 Å². The molecule has 1 fully saturated rings. The Hall–Kier alpha value is -2.25. The second-order valence-corrected chi connectivity index (χ2v) is 7.50. The lowest BCUT2D eigenvalue weighted by atomic mass is 9.75. The van der Waals surface area contributed by atoms with Crippen molar-refractivity contribution >= 4 is 11.9 Å². The van der Waals surface area contributed by atoms with Gasteiger partial charge in [-0.3, -0.25) is 0 Å². The molecule has 1 aromatic carbocycles. The first-order valence-electron chi connectivity index (χ1n) is 9.27. The zero-order valence-corrected chi connectivity index (χ0v) is 16.1. The van der Waals surface area contributed by atoms with Gasteiger partial charge in [0.1, 0.15) is 11.9 Å². The number of esters is 2. The first-order chi connectivity index (χ1) is 13.0. The first kappa shape index (κ1) is 22.0. The minimum atomic E-state index is -4.81. The number of ether oxygens (including phenoxy) is 3. The van der Waals surface area contributed by atoms with Crippen molar-refractivity contribution in [2.45, 2.75) is 52.5 Å². The van der Waals surface area contributed by atoms with Gasteiger partial charge in [-0.2, -0.15) is 0 Å². The van der Waals surface area contributed by atoms with Gasteiger partial charge >= 0.3 is 18.3 Å². The molecule has 8 heteroatoms. The van der Waals surface area contributed by atoms with Gasteiger partial charge in [-0.1, -0.05) is 27.2 Å². The summed E-state index contributed by atoms with van der Waals surface area (Å²) in [4.78, 5) is 24.1. The van der Waals surface area contributed by atoms with E-state index in [-0.39, 0.29) is 17.6 Å². The highest BCUT2D eigenvalue weighted by Gasteiger charge is 2.33. The highest BCUT2D eigenvalue weighted by molar-refractivity contribution is 5.90. The smallest absolute Gasteiger partial charge is 0.460 e. The van der Waals surface area contributed by atoms with Crippen LogP contribution in [0.2, 0.25) is 0 Å². The van der Waals surface area contributed by atoms with Gasteiger partial charge in [0.25, 0.3) is 0 Å². The number of carbonyl (C=O) groups excluding carboxylic acids is 2. The molecule has 0 saturated heterocycles. The average Bonchev–Trinajstić information content (AvgIpc) is 2.58. The molecule has 1 aliphatic carbocycles. The molecule has 0 radical (unpaired) electrons. The number of halogens is 3. The van der Waals surface area contributed by atoms with E-state index in [1.807, 2.05) is 0 Å². The number of hydrogen-bond acceptors (Lipinski definition) is 5. The van der Waals surface area contributed by atoms with Crippen molar-refractivity contribution < 1.29 is 37.0 Å². The summed E-state index contributed by atoms with van der Waals surface area (Å²) in [5, 5.41) is 0. The van der Waals surface area contributed by atoms with Gasteiger partial charge in [-0.25, -0.2) is 9.59 Å². The molecular weight excluding hydrogens is 377 g/mol. The number of alkyl halides is 3. The Balaban J connectivity index is 1.85. The van der Waals surface area contributed by atoms with Gasteiger partial charge in [-0.05, 0) is 54.9 Å². The SMILES string of the molecule is CC(C)[C@@H]1CC[C@H](C)C[C@H]1OC(=O)COC(=O)c1ccc(OC(F)(F)F)cc1. The van der Waals surface area contributed by atoms with Crippen LogP contribution < -0.4 is 4.74 Å². The fourth-order valence-corrected chi connectivity index (χ4v) is 3.45. The Kier molecular flexibility index (Phi) is 7.32. The highest BCUT2D eigenvalue weighted by Crippen LogP contribution is 2.35. The van der Waals surface area contributed by atoms with Crippen LogP contribution in [0, 0.1) is 17.8 Å². The van der Waals surface area contributed by atoms with Crippen molar-refractivity contribution in [1.29, 1.82) is 0 Å². The third-order valence-corrected chi connectivity index (χ3v) is 4.89. The molecule has 0 aliphatic heterocycles. The third kappa shape index (κ3) is 6.73. The van der Waals surface area contributed by atoms with E-state index in [4.69, 9.17) is 9.47 Å². The number of benzene rings is 1. The summed E-state index contributed by atoms with van der Waals surface area (Å²) < 4.78 is 50.6. The van der Waals surface area contributed by atoms with Crippen molar-refractivity contribution in [1.82, 2.24) is 0 Å². The number of hydrogen-bond donors (Lipinski definition) is 0. The molecular formula is C20H25F3O5. The monoisotopic (exact) mass is 402 g/mol. The van der Waals surface area contributed by atoms with Crippen LogP contribution in [0.1, 0.15) is 50.4 Å². The standard InChI is InChI=1S/C20H25F3O5/c1-12(2)16-9-4-13(3)10-17(16)27-18(24)11-26-19(25)14-5-7-15(8-6-14)28-20(21,22)23/h5-8,12-13,16-17H,4,9-11H2,1-3H3/t13-,16-,17+/m0/s1. The lowest BCUT2D eigenvalue weighted by Gasteiger charge is -2.36. The minimum absolute atomic E-state index is 0.00803. The van der Waals surface area contributed by atoms with E-state index in [0.29, 0.717) is 11.8 Å². The van der Waals surface area contributed by atoms with E-state index in [2.05, 4.69) is 25.5 Å².